The highest BCUT2D eigenvalue weighted by Crippen LogP contribution is 2.51. The molecule has 56 heavy (non-hydrogen) atoms. The molecular formula is C55H43N. The van der Waals surface area contributed by atoms with Crippen molar-refractivity contribution in [3.05, 3.63) is 216 Å². The SMILES string of the molecule is CC1(C)c2ccccc2-c2ccc(N(c3ccc(-c4ccccc4)cc3)c3ccc(-c4ccc(-c5cccc6c5C=CCC6)cc4)c(-c4ccccc4)c3)cc21. The third kappa shape index (κ3) is 5.88. The van der Waals surface area contributed by atoms with Crippen molar-refractivity contribution in [2.24, 2.45) is 0 Å². The number of hydrogen-bond acceptors (Lipinski definition) is 1. The molecule has 0 saturated heterocycles. The van der Waals surface area contributed by atoms with E-state index in [9.17, 15) is 0 Å². The predicted octanol–water partition coefficient (Wildman–Crippen LogP) is 15.1. The standard InChI is InChI=1S/C55H43N/c1-55(2)53-23-12-11-21-50(53)51-35-33-46(37-54(51)55)56(44-30-28-39(29-31-44)38-14-5-3-6-15-38)45-32-34-49(52(36-45)41-16-7-4-8-17-41)43-26-24-42(25-27-43)48-22-13-19-40-18-9-10-20-47(40)48/h3-8,10-17,19-37H,9,18H2,1-2H3. The fourth-order valence-electron chi connectivity index (χ4n) is 9.04. The van der Waals surface area contributed by atoms with Crippen LogP contribution in [0, 0.1) is 0 Å². The third-order valence-electron chi connectivity index (χ3n) is 12.0. The second-order valence-corrected chi connectivity index (χ2v) is 15.6. The maximum Gasteiger partial charge on any atom is 0.0468 e. The van der Waals surface area contributed by atoms with E-state index in [1.807, 2.05) is 0 Å². The van der Waals surface area contributed by atoms with Crippen molar-refractivity contribution in [1.82, 2.24) is 0 Å². The predicted molar refractivity (Wildman–Crippen MR) is 238 cm³/mol. The highest BCUT2D eigenvalue weighted by Gasteiger charge is 2.35. The van der Waals surface area contributed by atoms with Crippen LogP contribution in [-0.4, -0.2) is 0 Å². The molecule has 268 valence electrons. The van der Waals surface area contributed by atoms with Gasteiger partial charge in [-0.2, -0.15) is 0 Å². The number of anilines is 3. The average molecular weight is 718 g/mol. The van der Waals surface area contributed by atoms with Crippen molar-refractivity contribution in [3.8, 4) is 55.6 Å². The summed E-state index contributed by atoms with van der Waals surface area (Å²) < 4.78 is 0. The van der Waals surface area contributed by atoms with Crippen LogP contribution >= 0.6 is 0 Å². The van der Waals surface area contributed by atoms with Crippen LogP contribution in [0.25, 0.3) is 61.7 Å². The van der Waals surface area contributed by atoms with Gasteiger partial charge in [0, 0.05) is 22.5 Å². The normalized spacial score (nSPS) is 13.5. The van der Waals surface area contributed by atoms with Gasteiger partial charge < -0.3 is 4.90 Å². The Balaban J connectivity index is 1.11. The Kier molecular flexibility index (Phi) is 8.37. The van der Waals surface area contributed by atoms with Crippen LogP contribution in [0.2, 0.25) is 0 Å². The molecule has 0 aliphatic heterocycles. The first-order chi connectivity index (χ1) is 27.5. The second-order valence-electron chi connectivity index (χ2n) is 15.6. The Morgan fingerprint density at radius 1 is 0.393 bits per heavy atom. The van der Waals surface area contributed by atoms with Crippen molar-refractivity contribution in [1.29, 1.82) is 0 Å². The quantitative estimate of drug-likeness (QED) is 0.159. The summed E-state index contributed by atoms with van der Waals surface area (Å²) >= 11 is 0. The largest absolute Gasteiger partial charge is 0.310 e. The Labute approximate surface area is 330 Å². The summed E-state index contributed by atoms with van der Waals surface area (Å²) in [6.07, 6.45) is 6.83. The lowest BCUT2D eigenvalue weighted by molar-refractivity contribution is 0.660. The summed E-state index contributed by atoms with van der Waals surface area (Å²) in [5.74, 6) is 0. The zero-order valence-corrected chi connectivity index (χ0v) is 31.9. The van der Waals surface area contributed by atoms with E-state index in [-0.39, 0.29) is 5.41 Å². The van der Waals surface area contributed by atoms with Gasteiger partial charge in [-0.3, -0.25) is 0 Å². The smallest absolute Gasteiger partial charge is 0.0468 e. The number of nitrogens with zero attached hydrogens (tertiary/aromatic N) is 1. The first-order valence-corrected chi connectivity index (χ1v) is 19.8. The van der Waals surface area contributed by atoms with Gasteiger partial charge in [0.05, 0.1) is 0 Å². The number of hydrogen-bond donors (Lipinski definition) is 0. The van der Waals surface area contributed by atoms with Gasteiger partial charge in [-0.05, 0) is 127 Å². The van der Waals surface area contributed by atoms with Gasteiger partial charge in [-0.15, -0.1) is 0 Å². The molecule has 10 rings (SSSR count). The van der Waals surface area contributed by atoms with Gasteiger partial charge >= 0.3 is 0 Å². The molecule has 0 bridgehead atoms. The lowest BCUT2D eigenvalue weighted by Crippen LogP contribution is -2.16. The monoisotopic (exact) mass is 717 g/mol. The highest BCUT2D eigenvalue weighted by molar-refractivity contribution is 5.91. The Hall–Kier alpha value is -6.70. The zero-order valence-electron chi connectivity index (χ0n) is 31.9. The molecule has 8 aromatic rings. The van der Waals surface area contributed by atoms with E-state index in [0.29, 0.717) is 0 Å². The van der Waals surface area contributed by atoms with E-state index in [4.69, 9.17) is 0 Å². The minimum atomic E-state index is -0.106. The molecule has 0 spiro atoms. The molecule has 0 saturated carbocycles. The van der Waals surface area contributed by atoms with Crippen LogP contribution in [0.5, 0.6) is 0 Å². The molecule has 0 unspecified atom stereocenters. The lowest BCUT2D eigenvalue weighted by atomic mass is 9.82. The van der Waals surface area contributed by atoms with Crippen molar-refractivity contribution in [2.75, 3.05) is 4.90 Å². The minimum Gasteiger partial charge on any atom is -0.310 e. The van der Waals surface area contributed by atoms with E-state index in [2.05, 4.69) is 219 Å². The van der Waals surface area contributed by atoms with Gasteiger partial charge in [0.2, 0.25) is 0 Å². The summed E-state index contributed by atoms with van der Waals surface area (Å²) in [6, 6.07) is 69.3. The van der Waals surface area contributed by atoms with Crippen molar-refractivity contribution < 1.29 is 0 Å². The molecule has 2 aliphatic rings. The second kappa shape index (κ2) is 13.9. The number of fused-ring (bicyclic) bond motifs is 4. The van der Waals surface area contributed by atoms with Crippen LogP contribution in [0.1, 0.15) is 42.5 Å². The van der Waals surface area contributed by atoms with Crippen LogP contribution in [0.4, 0.5) is 17.1 Å². The van der Waals surface area contributed by atoms with Crippen LogP contribution in [-0.2, 0) is 11.8 Å². The van der Waals surface area contributed by atoms with Crippen molar-refractivity contribution >= 4 is 23.1 Å². The number of rotatable bonds is 7. The summed E-state index contributed by atoms with van der Waals surface area (Å²) in [5, 5.41) is 0. The van der Waals surface area contributed by atoms with Gasteiger partial charge in [0.1, 0.15) is 0 Å². The highest BCUT2D eigenvalue weighted by atomic mass is 15.1. The molecule has 1 heteroatoms. The molecule has 0 fully saturated rings. The molecule has 0 amide bonds. The van der Waals surface area contributed by atoms with E-state index in [0.717, 1.165) is 29.9 Å². The summed E-state index contributed by atoms with van der Waals surface area (Å²) in [4.78, 5) is 2.43. The molecule has 0 heterocycles. The summed E-state index contributed by atoms with van der Waals surface area (Å²) in [7, 11) is 0. The maximum atomic E-state index is 2.43. The summed E-state index contributed by atoms with van der Waals surface area (Å²) in [6.45, 7) is 4.72. The Bertz CT molecular complexity index is 2740. The third-order valence-corrected chi connectivity index (χ3v) is 12.0. The van der Waals surface area contributed by atoms with Crippen LogP contribution in [0.15, 0.2) is 194 Å². The molecule has 1 nitrogen and oxygen atoms in total. The molecule has 0 N–H and O–H groups in total. The minimum absolute atomic E-state index is 0.106. The van der Waals surface area contributed by atoms with Crippen molar-refractivity contribution in [2.45, 2.75) is 32.1 Å². The zero-order chi connectivity index (χ0) is 37.6. The van der Waals surface area contributed by atoms with Gasteiger partial charge in [0.25, 0.3) is 0 Å². The van der Waals surface area contributed by atoms with Crippen LogP contribution in [0.3, 0.4) is 0 Å². The number of benzene rings is 8. The molecule has 0 aromatic heterocycles. The Morgan fingerprint density at radius 2 is 0.929 bits per heavy atom. The van der Waals surface area contributed by atoms with Gasteiger partial charge in [0.15, 0.2) is 0 Å². The van der Waals surface area contributed by atoms with E-state index < -0.39 is 0 Å². The first kappa shape index (κ1) is 33.8. The maximum absolute atomic E-state index is 2.43. The van der Waals surface area contributed by atoms with E-state index in [1.165, 1.54) is 77.9 Å². The molecule has 0 radical (unpaired) electrons. The lowest BCUT2D eigenvalue weighted by Gasteiger charge is -2.29. The van der Waals surface area contributed by atoms with Gasteiger partial charge in [-0.25, -0.2) is 0 Å². The first-order valence-electron chi connectivity index (χ1n) is 19.8. The molecule has 0 atom stereocenters. The molecular weight excluding hydrogens is 675 g/mol. The average Bonchev–Trinajstić information content (AvgIpc) is 3.50. The molecule has 2 aliphatic carbocycles. The topological polar surface area (TPSA) is 3.24 Å². The van der Waals surface area contributed by atoms with E-state index in [1.54, 1.807) is 0 Å². The Morgan fingerprint density at radius 3 is 1.68 bits per heavy atom. The summed E-state index contributed by atoms with van der Waals surface area (Å²) in [5.41, 5.74) is 21.3. The van der Waals surface area contributed by atoms with E-state index >= 15 is 0 Å². The number of aryl methyl sites for hydroxylation is 1. The fourth-order valence-corrected chi connectivity index (χ4v) is 9.04. The van der Waals surface area contributed by atoms with Gasteiger partial charge in [-0.1, -0.05) is 178 Å². The van der Waals surface area contributed by atoms with Crippen molar-refractivity contribution in [3.63, 3.8) is 0 Å². The number of allylic oxidation sites excluding steroid dienone is 1. The van der Waals surface area contributed by atoms with Crippen LogP contribution < -0.4 is 4.90 Å². The molecule has 8 aromatic carbocycles. The fraction of sp³-hybridized carbons (Fsp3) is 0.0909.